The van der Waals surface area contributed by atoms with E-state index in [1.54, 1.807) is 6.92 Å². The van der Waals surface area contributed by atoms with Gasteiger partial charge in [-0.25, -0.2) is 0 Å². The molecule has 0 atom stereocenters. The van der Waals surface area contributed by atoms with Gasteiger partial charge in [0, 0.05) is 25.0 Å². The highest BCUT2D eigenvalue weighted by Gasteiger charge is 2.34. The first-order valence-corrected chi connectivity index (χ1v) is 10.9. The average Bonchev–Trinajstić information content (AvgIpc) is 2.81. The summed E-state index contributed by atoms with van der Waals surface area (Å²) < 4.78 is 0. The van der Waals surface area contributed by atoms with E-state index in [1.165, 1.54) is 11.1 Å². The minimum Gasteiger partial charge on any atom is -0.395 e. The van der Waals surface area contributed by atoms with Crippen LogP contribution in [0, 0.1) is 5.41 Å². The van der Waals surface area contributed by atoms with Crippen LogP contribution >= 0.6 is 0 Å². The summed E-state index contributed by atoms with van der Waals surface area (Å²) in [6.45, 7) is 3.78. The zero-order valence-corrected chi connectivity index (χ0v) is 17.8. The summed E-state index contributed by atoms with van der Waals surface area (Å²) in [7, 11) is 0. The molecule has 0 saturated carbocycles. The Hall–Kier alpha value is -2.21. The number of hydrogen-bond acceptors (Lipinski definition) is 4. The van der Waals surface area contributed by atoms with Gasteiger partial charge in [-0.05, 0) is 43.9 Å². The Bertz CT molecular complexity index is 730. The zero-order valence-electron chi connectivity index (χ0n) is 17.8. The molecule has 162 valence electrons. The van der Waals surface area contributed by atoms with E-state index in [9.17, 15) is 15.0 Å². The minimum absolute atomic E-state index is 0.102. The van der Waals surface area contributed by atoms with Crippen molar-refractivity contribution in [1.29, 1.82) is 0 Å². The third kappa shape index (κ3) is 5.69. The SMILES string of the molecule is CC(CO)(CO)C(=O)NC1CCN(CCC(c2ccccc2)c2ccccc2)CC1. The smallest absolute Gasteiger partial charge is 0.230 e. The number of hydrogen-bond donors (Lipinski definition) is 3. The summed E-state index contributed by atoms with van der Waals surface area (Å²) in [4.78, 5) is 14.8. The van der Waals surface area contributed by atoms with Gasteiger partial charge in [0.25, 0.3) is 0 Å². The molecule has 2 aromatic carbocycles. The summed E-state index contributed by atoms with van der Waals surface area (Å²) in [5, 5.41) is 21.8. The number of nitrogens with one attached hydrogen (secondary N) is 1. The molecule has 0 unspecified atom stereocenters. The fraction of sp³-hybridized carbons (Fsp3) is 0.480. The lowest BCUT2D eigenvalue weighted by Gasteiger charge is -2.35. The third-order valence-corrected chi connectivity index (χ3v) is 6.31. The fourth-order valence-corrected chi connectivity index (χ4v) is 4.06. The molecule has 1 amide bonds. The number of benzene rings is 2. The molecule has 1 heterocycles. The van der Waals surface area contributed by atoms with Crippen LogP contribution in [-0.4, -0.2) is 59.9 Å². The van der Waals surface area contributed by atoms with Gasteiger partial charge in [-0.15, -0.1) is 0 Å². The third-order valence-electron chi connectivity index (χ3n) is 6.31. The molecule has 1 aliphatic heterocycles. The van der Waals surface area contributed by atoms with E-state index in [0.29, 0.717) is 5.92 Å². The molecule has 5 nitrogen and oxygen atoms in total. The predicted octanol–water partition coefficient (Wildman–Crippen LogP) is 2.78. The highest BCUT2D eigenvalue weighted by Crippen LogP contribution is 2.28. The van der Waals surface area contributed by atoms with E-state index >= 15 is 0 Å². The monoisotopic (exact) mass is 410 g/mol. The van der Waals surface area contributed by atoms with Crippen LogP contribution in [0.15, 0.2) is 60.7 Å². The summed E-state index contributed by atoms with van der Waals surface area (Å²) >= 11 is 0. The normalized spacial score (nSPS) is 16.0. The zero-order chi connectivity index (χ0) is 21.4. The van der Waals surface area contributed by atoms with Crippen LogP contribution in [0.5, 0.6) is 0 Å². The number of aliphatic hydroxyl groups is 2. The molecule has 2 aromatic rings. The Labute approximate surface area is 179 Å². The molecule has 30 heavy (non-hydrogen) atoms. The van der Waals surface area contributed by atoms with Crippen molar-refractivity contribution >= 4 is 5.91 Å². The van der Waals surface area contributed by atoms with Gasteiger partial charge in [0.05, 0.1) is 18.6 Å². The second-order valence-corrected chi connectivity index (χ2v) is 8.63. The predicted molar refractivity (Wildman–Crippen MR) is 119 cm³/mol. The van der Waals surface area contributed by atoms with Crippen LogP contribution in [-0.2, 0) is 4.79 Å². The number of nitrogens with zero attached hydrogens (tertiary/aromatic N) is 1. The van der Waals surface area contributed by atoms with Gasteiger partial charge in [-0.1, -0.05) is 60.7 Å². The molecule has 3 rings (SSSR count). The lowest BCUT2D eigenvalue weighted by molar-refractivity contribution is -0.136. The van der Waals surface area contributed by atoms with Crippen LogP contribution in [0.1, 0.15) is 43.2 Å². The Morgan fingerprint density at radius 2 is 1.50 bits per heavy atom. The summed E-state index contributed by atoms with van der Waals surface area (Å²) in [5.41, 5.74) is 1.58. The molecule has 0 aliphatic carbocycles. The van der Waals surface area contributed by atoms with Crippen molar-refractivity contribution in [1.82, 2.24) is 10.2 Å². The number of aliphatic hydroxyl groups excluding tert-OH is 2. The van der Waals surface area contributed by atoms with Gasteiger partial charge in [-0.3, -0.25) is 4.79 Å². The number of amides is 1. The molecular weight excluding hydrogens is 376 g/mol. The second-order valence-electron chi connectivity index (χ2n) is 8.63. The average molecular weight is 411 g/mol. The molecular formula is C25H34N2O3. The number of piperidine rings is 1. The molecule has 5 heteroatoms. The summed E-state index contributed by atoms with van der Waals surface area (Å²) in [6, 6.07) is 21.5. The van der Waals surface area contributed by atoms with Gasteiger partial charge in [0.1, 0.15) is 0 Å². The first kappa shape index (κ1) is 22.5. The maximum Gasteiger partial charge on any atom is 0.230 e. The van der Waals surface area contributed by atoms with Crippen LogP contribution in [0.4, 0.5) is 0 Å². The lowest BCUT2D eigenvalue weighted by atomic mass is 9.88. The Balaban J connectivity index is 1.53. The van der Waals surface area contributed by atoms with Gasteiger partial charge < -0.3 is 20.4 Å². The Morgan fingerprint density at radius 3 is 1.97 bits per heavy atom. The molecule has 1 aliphatic rings. The first-order chi connectivity index (χ1) is 14.6. The van der Waals surface area contributed by atoms with E-state index in [-0.39, 0.29) is 25.2 Å². The van der Waals surface area contributed by atoms with Gasteiger partial charge in [-0.2, -0.15) is 0 Å². The van der Waals surface area contributed by atoms with Crippen molar-refractivity contribution in [2.24, 2.45) is 5.41 Å². The second kappa shape index (κ2) is 10.7. The molecule has 0 aromatic heterocycles. The lowest BCUT2D eigenvalue weighted by Crippen LogP contribution is -2.51. The molecule has 1 saturated heterocycles. The van der Waals surface area contributed by atoms with Gasteiger partial charge in [0.2, 0.25) is 5.91 Å². The molecule has 0 spiro atoms. The molecule has 0 radical (unpaired) electrons. The number of likely N-dealkylation sites (tertiary alicyclic amines) is 1. The quantitative estimate of drug-likeness (QED) is 0.594. The van der Waals surface area contributed by atoms with Crippen LogP contribution in [0.25, 0.3) is 0 Å². The van der Waals surface area contributed by atoms with Crippen molar-refractivity contribution in [2.45, 2.75) is 38.1 Å². The largest absolute Gasteiger partial charge is 0.395 e. The molecule has 3 N–H and O–H groups in total. The standard InChI is InChI=1S/C25H34N2O3/c1-25(18-28,19-29)24(30)26-22-12-15-27(16-13-22)17-14-23(20-8-4-2-5-9-20)21-10-6-3-7-11-21/h2-11,22-23,28-29H,12-19H2,1H3,(H,26,30). The maximum absolute atomic E-state index is 12.4. The first-order valence-electron chi connectivity index (χ1n) is 10.9. The highest BCUT2D eigenvalue weighted by molar-refractivity contribution is 5.82. The number of rotatable bonds is 9. The summed E-state index contributed by atoms with van der Waals surface area (Å²) in [6.07, 6.45) is 2.83. The minimum atomic E-state index is -1.12. The molecule has 1 fully saturated rings. The van der Waals surface area contributed by atoms with E-state index in [0.717, 1.165) is 38.9 Å². The van der Waals surface area contributed by atoms with Crippen molar-refractivity contribution in [2.75, 3.05) is 32.8 Å². The van der Waals surface area contributed by atoms with Crippen LogP contribution in [0.2, 0.25) is 0 Å². The van der Waals surface area contributed by atoms with E-state index in [1.807, 2.05) is 0 Å². The van der Waals surface area contributed by atoms with Gasteiger partial charge >= 0.3 is 0 Å². The fourth-order valence-electron chi connectivity index (χ4n) is 4.06. The van der Waals surface area contributed by atoms with Crippen molar-refractivity contribution in [3.05, 3.63) is 71.8 Å². The number of carbonyl (C=O) groups excluding carboxylic acids is 1. The molecule has 0 bridgehead atoms. The Morgan fingerprint density at radius 1 is 1.00 bits per heavy atom. The van der Waals surface area contributed by atoms with Crippen LogP contribution in [0.3, 0.4) is 0 Å². The van der Waals surface area contributed by atoms with E-state index in [4.69, 9.17) is 0 Å². The van der Waals surface area contributed by atoms with Crippen molar-refractivity contribution in [3.63, 3.8) is 0 Å². The Kier molecular flexibility index (Phi) is 8.02. The van der Waals surface area contributed by atoms with Gasteiger partial charge in [0.15, 0.2) is 0 Å². The van der Waals surface area contributed by atoms with E-state index in [2.05, 4.69) is 70.9 Å². The van der Waals surface area contributed by atoms with E-state index < -0.39 is 5.41 Å². The maximum atomic E-state index is 12.4. The van der Waals surface area contributed by atoms with Crippen LogP contribution < -0.4 is 5.32 Å². The van der Waals surface area contributed by atoms with Crippen molar-refractivity contribution < 1.29 is 15.0 Å². The highest BCUT2D eigenvalue weighted by atomic mass is 16.3. The number of carbonyl (C=O) groups is 1. The topological polar surface area (TPSA) is 72.8 Å². The van der Waals surface area contributed by atoms with Crippen molar-refractivity contribution in [3.8, 4) is 0 Å². The summed E-state index contributed by atoms with van der Waals surface area (Å²) in [5.74, 6) is 0.110.